The molecule has 1 saturated carbocycles. The molecule has 0 saturated heterocycles. The fraction of sp³-hybridized carbons (Fsp3) is 0.610. The SMILES string of the molecule is C=Cc1c(CC)c(CC)c(C(=N)/C(C(C)=C(C)C)=C(C)\C(C)=C/C)c(F)c1N=C(C)C.CCC1(CC)CC1.CCCCCC. The Kier molecular flexibility index (Phi) is 19.3. The predicted molar refractivity (Wildman–Crippen MR) is 199 cm³/mol. The number of aliphatic imine (C=N–C) groups is 1. The Balaban J connectivity index is 0.00000116. The molecule has 1 aliphatic carbocycles. The van der Waals surface area contributed by atoms with Crippen molar-refractivity contribution in [2.24, 2.45) is 10.4 Å². The van der Waals surface area contributed by atoms with Crippen molar-refractivity contribution in [3.8, 4) is 0 Å². The van der Waals surface area contributed by atoms with Gasteiger partial charge in [0.1, 0.15) is 5.69 Å². The summed E-state index contributed by atoms with van der Waals surface area (Å²) in [5.41, 5.74) is 10.1. The van der Waals surface area contributed by atoms with Crippen LogP contribution in [-0.4, -0.2) is 11.4 Å². The molecule has 1 aliphatic rings. The fourth-order valence-corrected chi connectivity index (χ4v) is 5.51. The number of nitrogens with one attached hydrogen (secondary N) is 1. The highest BCUT2D eigenvalue weighted by Crippen LogP contribution is 2.51. The molecule has 0 bridgehead atoms. The lowest BCUT2D eigenvalue weighted by atomic mass is 9.82. The maximum atomic E-state index is 16.1. The summed E-state index contributed by atoms with van der Waals surface area (Å²) in [7, 11) is 0. The van der Waals surface area contributed by atoms with E-state index in [2.05, 4.69) is 46.2 Å². The molecule has 1 fully saturated rings. The molecule has 1 aromatic rings. The molecular formula is C41H67FN2. The minimum Gasteiger partial charge on any atom is -0.300 e. The van der Waals surface area contributed by atoms with E-state index < -0.39 is 5.82 Å². The third-order valence-corrected chi connectivity index (χ3v) is 9.36. The van der Waals surface area contributed by atoms with Crippen LogP contribution >= 0.6 is 0 Å². The summed E-state index contributed by atoms with van der Waals surface area (Å²) in [4.78, 5) is 4.53. The number of nitrogens with zero attached hydrogens (tertiary/aromatic N) is 1. The van der Waals surface area contributed by atoms with Gasteiger partial charge in [0.25, 0.3) is 0 Å². The van der Waals surface area contributed by atoms with Crippen LogP contribution in [0.25, 0.3) is 6.08 Å². The van der Waals surface area contributed by atoms with Crippen molar-refractivity contribution in [2.75, 3.05) is 0 Å². The summed E-state index contributed by atoms with van der Waals surface area (Å²) < 4.78 is 16.1. The van der Waals surface area contributed by atoms with Crippen molar-refractivity contribution in [1.82, 2.24) is 0 Å². The first kappa shape index (κ1) is 41.4. The van der Waals surface area contributed by atoms with Crippen molar-refractivity contribution >= 4 is 23.2 Å². The van der Waals surface area contributed by atoms with Crippen molar-refractivity contribution in [3.05, 3.63) is 68.6 Å². The van der Waals surface area contributed by atoms with E-state index in [4.69, 9.17) is 0 Å². The minimum atomic E-state index is -0.430. The van der Waals surface area contributed by atoms with Crippen molar-refractivity contribution in [1.29, 1.82) is 5.41 Å². The largest absolute Gasteiger partial charge is 0.300 e. The van der Waals surface area contributed by atoms with Crippen LogP contribution in [0.15, 0.2) is 45.5 Å². The number of unbranched alkanes of at least 4 members (excludes halogenated alkanes) is 3. The third-order valence-electron chi connectivity index (χ3n) is 9.36. The van der Waals surface area contributed by atoms with Gasteiger partial charge in [-0.25, -0.2) is 4.39 Å². The normalized spacial score (nSPS) is 13.8. The number of hydrogen-bond acceptors (Lipinski definition) is 2. The van der Waals surface area contributed by atoms with Gasteiger partial charge in [0.15, 0.2) is 5.82 Å². The van der Waals surface area contributed by atoms with E-state index in [0.29, 0.717) is 17.7 Å². The molecule has 2 nitrogen and oxygen atoms in total. The van der Waals surface area contributed by atoms with Crippen molar-refractivity contribution in [2.45, 2.75) is 161 Å². The highest BCUT2D eigenvalue weighted by atomic mass is 19.1. The Morgan fingerprint density at radius 1 is 0.841 bits per heavy atom. The molecule has 248 valence electrons. The first-order valence-corrected chi connectivity index (χ1v) is 17.3. The van der Waals surface area contributed by atoms with E-state index in [1.54, 1.807) is 6.08 Å². The third kappa shape index (κ3) is 11.4. The quantitative estimate of drug-likeness (QED) is 0.132. The highest BCUT2D eigenvalue weighted by Gasteiger charge is 2.38. The van der Waals surface area contributed by atoms with E-state index in [-0.39, 0.29) is 5.71 Å². The number of allylic oxidation sites excluding steroid dienone is 6. The van der Waals surface area contributed by atoms with Gasteiger partial charge < -0.3 is 0 Å². The maximum absolute atomic E-state index is 16.1. The number of halogens is 1. The molecule has 0 amide bonds. The van der Waals surface area contributed by atoms with Gasteiger partial charge in [-0.3, -0.25) is 10.4 Å². The summed E-state index contributed by atoms with van der Waals surface area (Å²) in [5, 5.41) is 9.24. The van der Waals surface area contributed by atoms with Gasteiger partial charge in [-0.15, -0.1) is 0 Å². The summed E-state index contributed by atoms with van der Waals surface area (Å²) in [5.74, 6) is -0.430. The molecule has 3 heteroatoms. The smallest absolute Gasteiger partial charge is 0.159 e. The summed E-state index contributed by atoms with van der Waals surface area (Å²) in [6.45, 7) is 32.9. The zero-order chi connectivity index (χ0) is 34.2. The summed E-state index contributed by atoms with van der Waals surface area (Å²) in [6.07, 6.45) is 16.4. The molecule has 0 unspecified atom stereocenters. The standard InChI is InChI=1S/C28H39FN2.C7H14.C6H14/c1-12-18(9)20(11)24(19(10)16(5)6)27(30)25-22(14-3)21(13-2)23(15-4)28(26(25)29)31-17(7)8;1-3-7(4-2)5-6-7;1-3-5-6-4-2/h12,15,30H,4,13-14H2,1-3,5-11H3;3-6H2,1-2H3;3-6H2,1-2H3/b18-12-,24-20-,30-27?;;. The van der Waals surface area contributed by atoms with Gasteiger partial charge in [-0.05, 0) is 109 Å². The average molecular weight is 607 g/mol. The summed E-state index contributed by atoms with van der Waals surface area (Å²) >= 11 is 0. The average Bonchev–Trinajstić information content (AvgIpc) is 3.81. The number of hydrogen-bond donors (Lipinski definition) is 1. The topological polar surface area (TPSA) is 36.2 Å². The Morgan fingerprint density at radius 2 is 1.34 bits per heavy atom. The first-order chi connectivity index (χ1) is 20.7. The second-order valence-electron chi connectivity index (χ2n) is 12.8. The van der Waals surface area contributed by atoms with Crippen LogP contribution in [0.5, 0.6) is 0 Å². The Hall–Kier alpha value is -2.55. The van der Waals surface area contributed by atoms with E-state index in [1.807, 2.05) is 68.4 Å². The lowest BCUT2D eigenvalue weighted by molar-refractivity contribution is 0.474. The lowest BCUT2D eigenvalue weighted by Gasteiger charge is -2.23. The summed E-state index contributed by atoms with van der Waals surface area (Å²) in [6, 6.07) is 0. The van der Waals surface area contributed by atoms with Crippen molar-refractivity contribution < 1.29 is 4.39 Å². The molecule has 0 spiro atoms. The Bertz CT molecular complexity index is 1210. The van der Waals surface area contributed by atoms with Crippen LogP contribution in [0.4, 0.5) is 10.1 Å². The van der Waals surface area contributed by atoms with E-state index >= 15 is 4.39 Å². The van der Waals surface area contributed by atoms with Crippen LogP contribution in [0.3, 0.4) is 0 Å². The van der Waals surface area contributed by atoms with Gasteiger partial charge in [0.2, 0.25) is 0 Å². The van der Waals surface area contributed by atoms with Gasteiger partial charge >= 0.3 is 0 Å². The van der Waals surface area contributed by atoms with Crippen LogP contribution in [0.2, 0.25) is 0 Å². The molecular weight excluding hydrogens is 539 g/mol. The van der Waals surface area contributed by atoms with Gasteiger partial charge in [-0.2, -0.15) is 0 Å². The van der Waals surface area contributed by atoms with E-state index in [1.165, 1.54) is 51.4 Å². The predicted octanol–water partition coefficient (Wildman–Crippen LogP) is 13.9. The van der Waals surface area contributed by atoms with Gasteiger partial charge in [0.05, 0.1) is 5.71 Å². The van der Waals surface area contributed by atoms with Crippen LogP contribution in [-0.2, 0) is 12.8 Å². The van der Waals surface area contributed by atoms with Gasteiger partial charge in [0, 0.05) is 22.4 Å². The second-order valence-corrected chi connectivity index (χ2v) is 12.8. The molecule has 44 heavy (non-hydrogen) atoms. The van der Waals surface area contributed by atoms with Crippen LogP contribution in [0, 0.1) is 16.6 Å². The van der Waals surface area contributed by atoms with E-state index in [0.717, 1.165) is 62.1 Å². The molecule has 0 aliphatic heterocycles. The van der Waals surface area contributed by atoms with Crippen LogP contribution in [0.1, 0.15) is 171 Å². The Labute approximate surface area is 272 Å². The maximum Gasteiger partial charge on any atom is 0.159 e. The zero-order valence-electron chi connectivity index (χ0n) is 31.3. The van der Waals surface area contributed by atoms with Crippen molar-refractivity contribution in [3.63, 3.8) is 0 Å². The monoisotopic (exact) mass is 607 g/mol. The Morgan fingerprint density at radius 3 is 1.64 bits per heavy atom. The molecule has 0 radical (unpaired) electrons. The highest BCUT2D eigenvalue weighted by molar-refractivity contribution is 6.16. The minimum absolute atomic E-state index is 0.224. The first-order valence-electron chi connectivity index (χ1n) is 17.3. The number of benzene rings is 1. The zero-order valence-corrected chi connectivity index (χ0v) is 31.3. The molecule has 0 heterocycles. The van der Waals surface area contributed by atoms with Gasteiger partial charge in [-0.1, -0.05) is 110 Å². The molecule has 1 N–H and O–H groups in total. The molecule has 0 atom stereocenters. The fourth-order valence-electron chi connectivity index (χ4n) is 5.51. The molecule has 2 rings (SSSR count). The molecule has 1 aromatic carbocycles. The number of rotatable bonds is 13. The van der Waals surface area contributed by atoms with E-state index in [9.17, 15) is 5.41 Å². The second kappa shape index (κ2) is 20.5. The lowest BCUT2D eigenvalue weighted by Crippen LogP contribution is -2.16. The molecule has 0 aromatic heterocycles. The van der Waals surface area contributed by atoms with Crippen LogP contribution < -0.4 is 0 Å².